The van der Waals surface area contributed by atoms with Crippen LogP contribution in [-0.2, 0) is 10.1 Å². The largest absolute Gasteiger partial charge is 0.303 e. The summed E-state index contributed by atoms with van der Waals surface area (Å²) >= 11 is 3.25. The Balaban J connectivity index is 3.20. The maximum atomic E-state index is 10.6. The van der Waals surface area contributed by atoms with Gasteiger partial charge >= 0.3 is 0 Å². The van der Waals surface area contributed by atoms with E-state index in [2.05, 4.69) is 15.9 Å². The molecule has 0 aromatic heterocycles. The van der Waals surface area contributed by atoms with Gasteiger partial charge in [-0.15, -0.1) is 0 Å². The number of nitro groups is 1. The number of non-ortho nitro benzene ring substituents is 1. The number of nitro benzene ring substituents is 1. The maximum Gasteiger partial charge on any atom is 0.269 e. The number of aldehydes is 1. The fourth-order valence-electron chi connectivity index (χ4n) is 1.34. The zero-order valence-electron chi connectivity index (χ0n) is 8.14. The number of benzene rings is 1. The third kappa shape index (κ3) is 2.62. The van der Waals surface area contributed by atoms with E-state index in [-0.39, 0.29) is 11.6 Å². The number of hydrogen-bond acceptors (Lipinski definition) is 3. The molecule has 15 heavy (non-hydrogen) atoms. The van der Waals surface area contributed by atoms with Crippen LogP contribution in [0.15, 0.2) is 18.2 Å². The maximum absolute atomic E-state index is 10.6. The van der Waals surface area contributed by atoms with E-state index in [9.17, 15) is 14.9 Å². The Morgan fingerprint density at radius 1 is 1.60 bits per heavy atom. The standard InChI is InChI=1S/C10H10BrNO3/c1-7(6-13)10-3-2-9(12(14)15)4-8(10)5-11/h2-4,6-7H,5H2,1H3. The number of rotatable bonds is 4. The van der Waals surface area contributed by atoms with E-state index in [1.165, 1.54) is 12.1 Å². The molecule has 1 unspecified atom stereocenters. The molecule has 0 spiro atoms. The molecule has 0 aliphatic heterocycles. The van der Waals surface area contributed by atoms with Gasteiger partial charge in [0.05, 0.1) is 4.92 Å². The van der Waals surface area contributed by atoms with E-state index in [0.29, 0.717) is 5.33 Å². The molecule has 5 heteroatoms. The monoisotopic (exact) mass is 271 g/mol. The van der Waals surface area contributed by atoms with Crippen LogP contribution in [0, 0.1) is 10.1 Å². The Bertz CT molecular complexity index is 392. The third-order valence-corrected chi connectivity index (χ3v) is 2.78. The summed E-state index contributed by atoms with van der Waals surface area (Å²) in [7, 11) is 0. The van der Waals surface area contributed by atoms with Gasteiger partial charge in [-0.1, -0.05) is 28.9 Å². The van der Waals surface area contributed by atoms with Gasteiger partial charge in [0.25, 0.3) is 5.69 Å². The van der Waals surface area contributed by atoms with Crippen LogP contribution in [0.1, 0.15) is 24.0 Å². The van der Waals surface area contributed by atoms with Gasteiger partial charge in [-0.25, -0.2) is 0 Å². The summed E-state index contributed by atoms with van der Waals surface area (Å²) in [6, 6.07) is 4.54. The van der Waals surface area contributed by atoms with E-state index >= 15 is 0 Å². The average molecular weight is 272 g/mol. The van der Waals surface area contributed by atoms with Crippen LogP contribution in [-0.4, -0.2) is 11.2 Å². The van der Waals surface area contributed by atoms with Crippen LogP contribution in [0.4, 0.5) is 5.69 Å². The van der Waals surface area contributed by atoms with E-state index in [1.54, 1.807) is 13.0 Å². The second-order valence-corrected chi connectivity index (χ2v) is 3.76. The average Bonchev–Trinajstić information content (AvgIpc) is 2.27. The lowest BCUT2D eigenvalue weighted by molar-refractivity contribution is -0.384. The van der Waals surface area contributed by atoms with Gasteiger partial charge in [-0.2, -0.15) is 0 Å². The van der Waals surface area contributed by atoms with Crippen molar-refractivity contribution < 1.29 is 9.72 Å². The minimum absolute atomic E-state index is 0.0475. The van der Waals surface area contributed by atoms with Crippen LogP contribution < -0.4 is 0 Å². The Morgan fingerprint density at radius 2 is 2.27 bits per heavy atom. The molecule has 0 aliphatic carbocycles. The fraction of sp³-hybridized carbons (Fsp3) is 0.300. The highest BCUT2D eigenvalue weighted by molar-refractivity contribution is 9.08. The first-order valence-electron chi connectivity index (χ1n) is 4.38. The second-order valence-electron chi connectivity index (χ2n) is 3.20. The van der Waals surface area contributed by atoms with Crippen LogP contribution >= 0.6 is 15.9 Å². The first-order valence-corrected chi connectivity index (χ1v) is 5.50. The smallest absolute Gasteiger partial charge is 0.269 e. The molecule has 1 aromatic rings. The Morgan fingerprint density at radius 3 is 2.73 bits per heavy atom. The Hall–Kier alpha value is -1.23. The van der Waals surface area contributed by atoms with Gasteiger partial charge in [-0.05, 0) is 11.1 Å². The Labute approximate surface area is 95.6 Å². The Kier molecular flexibility index (Phi) is 3.96. The van der Waals surface area contributed by atoms with Crippen molar-refractivity contribution in [3.05, 3.63) is 39.4 Å². The summed E-state index contributed by atoms with van der Waals surface area (Å²) < 4.78 is 0. The van der Waals surface area contributed by atoms with Crippen molar-refractivity contribution in [2.24, 2.45) is 0 Å². The van der Waals surface area contributed by atoms with Gasteiger partial charge in [-0.3, -0.25) is 10.1 Å². The van der Waals surface area contributed by atoms with Crippen molar-refractivity contribution in [3.8, 4) is 0 Å². The molecule has 0 aliphatic rings. The van der Waals surface area contributed by atoms with Crippen molar-refractivity contribution in [2.45, 2.75) is 18.2 Å². The number of carbonyl (C=O) groups excluding carboxylic acids is 1. The SMILES string of the molecule is CC(C=O)c1ccc([N+](=O)[O-])cc1CBr. The molecule has 0 radical (unpaired) electrons. The molecule has 0 N–H and O–H groups in total. The zero-order valence-corrected chi connectivity index (χ0v) is 9.73. The predicted octanol–water partition coefficient (Wildman–Crippen LogP) is 2.79. The molecule has 1 atom stereocenters. The summed E-state index contributed by atoms with van der Waals surface area (Å²) in [5.41, 5.74) is 1.66. The minimum Gasteiger partial charge on any atom is -0.303 e. The number of alkyl halides is 1. The highest BCUT2D eigenvalue weighted by Crippen LogP contribution is 2.25. The number of carbonyl (C=O) groups is 1. The van der Waals surface area contributed by atoms with Gasteiger partial charge in [0, 0.05) is 23.4 Å². The molecule has 0 amide bonds. The van der Waals surface area contributed by atoms with Crippen LogP contribution in [0.5, 0.6) is 0 Å². The van der Waals surface area contributed by atoms with E-state index in [1.807, 2.05) is 0 Å². The first-order chi connectivity index (χ1) is 7.10. The predicted molar refractivity (Wildman–Crippen MR) is 60.2 cm³/mol. The molecule has 0 bridgehead atoms. The molecule has 0 fully saturated rings. The van der Waals surface area contributed by atoms with Crippen molar-refractivity contribution >= 4 is 27.9 Å². The first kappa shape index (κ1) is 11.8. The van der Waals surface area contributed by atoms with Crippen LogP contribution in [0.25, 0.3) is 0 Å². The lowest BCUT2D eigenvalue weighted by atomic mass is 9.97. The minimum atomic E-state index is -0.443. The molecule has 4 nitrogen and oxygen atoms in total. The number of nitrogens with zero attached hydrogens (tertiary/aromatic N) is 1. The zero-order chi connectivity index (χ0) is 11.4. The normalized spacial score (nSPS) is 12.1. The van der Waals surface area contributed by atoms with Crippen molar-refractivity contribution in [2.75, 3.05) is 0 Å². The lowest BCUT2D eigenvalue weighted by Crippen LogP contribution is -2.00. The molecule has 80 valence electrons. The van der Waals surface area contributed by atoms with E-state index in [0.717, 1.165) is 17.4 Å². The number of halogens is 1. The molecular formula is C10H10BrNO3. The van der Waals surface area contributed by atoms with Crippen LogP contribution in [0.3, 0.4) is 0 Å². The summed E-state index contributed by atoms with van der Waals surface area (Å²) in [6.07, 6.45) is 0.827. The quantitative estimate of drug-likeness (QED) is 0.366. The topological polar surface area (TPSA) is 60.2 Å². The fourth-order valence-corrected chi connectivity index (χ4v) is 1.82. The second kappa shape index (κ2) is 5.02. The molecule has 1 rings (SSSR count). The molecule has 0 saturated carbocycles. The highest BCUT2D eigenvalue weighted by atomic mass is 79.9. The molecule has 1 aromatic carbocycles. The summed E-state index contributed by atoms with van der Waals surface area (Å²) in [4.78, 5) is 20.7. The van der Waals surface area contributed by atoms with Crippen molar-refractivity contribution in [1.82, 2.24) is 0 Å². The van der Waals surface area contributed by atoms with E-state index < -0.39 is 4.92 Å². The van der Waals surface area contributed by atoms with Crippen molar-refractivity contribution in [1.29, 1.82) is 0 Å². The molecular weight excluding hydrogens is 262 g/mol. The lowest BCUT2D eigenvalue weighted by Gasteiger charge is -2.09. The van der Waals surface area contributed by atoms with Gasteiger partial charge < -0.3 is 4.79 Å². The number of hydrogen-bond donors (Lipinski definition) is 0. The van der Waals surface area contributed by atoms with Gasteiger partial charge in [0.15, 0.2) is 0 Å². The molecule has 0 saturated heterocycles. The highest BCUT2D eigenvalue weighted by Gasteiger charge is 2.13. The van der Waals surface area contributed by atoms with E-state index in [4.69, 9.17) is 0 Å². The summed E-state index contributed by atoms with van der Waals surface area (Å²) in [5, 5.41) is 11.0. The summed E-state index contributed by atoms with van der Waals surface area (Å²) in [5.74, 6) is -0.238. The van der Waals surface area contributed by atoms with Crippen molar-refractivity contribution in [3.63, 3.8) is 0 Å². The van der Waals surface area contributed by atoms with Crippen LogP contribution in [0.2, 0.25) is 0 Å². The third-order valence-electron chi connectivity index (χ3n) is 2.18. The molecule has 0 heterocycles. The summed E-state index contributed by atoms with van der Waals surface area (Å²) in [6.45, 7) is 1.76. The van der Waals surface area contributed by atoms with Gasteiger partial charge in [0.1, 0.15) is 6.29 Å². The van der Waals surface area contributed by atoms with Gasteiger partial charge in [0.2, 0.25) is 0 Å².